The first kappa shape index (κ1) is 12.4. The molecule has 0 aromatic carbocycles. The van der Waals surface area contributed by atoms with Crippen molar-refractivity contribution in [3.05, 3.63) is 34.1 Å². The summed E-state index contributed by atoms with van der Waals surface area (Å²) < 4.78 is 0. The fourth-order valence-corrected chi connectivity index (χ4v) is 1.49. The van der Waals surface area contributed by atoms with Crippen molar-refractivity contribution < 1.29 is 9.92 Å². The van der Waals surface area contributed by atoms with E-state index in [1.54, 1.807) is 18.3 Å². The molecule has 0 radical (unpaired) electrons. The van der Waals surface area contributed by atoms with Crippen LogP contribution in [0.3, 0.4) is 0 Å². The molecule has 0 unspecified atom stereocenters. The second-order valence-corrected chi connectivity index (χ2v) is 3.57. The van der Waals surface area contributed by atoms with Crippen LogP contribution in [0.15, 0.2) is 18.3 Å². The summed E-state index contributed by atoms with van der Waals surface area (Å²) in [5.41, 5.74) is 0.662. The fraction of sp³-hybridized carbons (Fsp3) is 0.545. The van der Waals surface area contributed by atoms with Crippen molar-refractivity contribution in [1.82, 2.24) is 4.98 Å². The average Bonchev–Trinajstić information content (AvgIpc) is 2.26. The zero-order valence-corrected chi connectivity index (χ0v) is 9.39. The number of hydrogen-bond acceptors (Lipinski definition) is 4. The summed E-state index contributed by atoms with van der Waals surface area (Å²) in [5.74, 6) is 0.254. The Balaban J connectivity index is 2.53. The van der Waals surface area contributed by atoms with Gasteiger partial charge >= 0.3 is 0 Å². The number of pyridine rings is 1. The van der Waals surface area contributed by atoms with Crippen LogP contribution in [0.1, 0.15) is 38.3 Å². The predicted octanol–water partition coefficient (Wildman–Crippen LogP) is 2.77. The van der Waals surface area contributed by atoms with Gasteiger partial charge in [0.25, 0.3) is 5.09 Å². The number of nitrogens with zero attached hydrogens (tertiary/aromatic N) is 2. The maximum absolute atomic E-state index is 10.3. The van der Waals surface area contributed by atoms with Crippen LogP contribution in [-0.2, 0) is 6.42 Å². The Labute approximate surface area is 94.6 Å². The second kappa shape index (κ2) is 6.76. The van der Waals surface area contributed by atoms with Gasteiger partial charge in [0.05, 0.1) is 5.69 Å². The summed E-state index contributed by atoms with van der Waals surface area (Å²) in [6.45, 7) is 2.14. The largest absolute Gasteiger partial charge is 0.299 e. The minimum atomic E-state index is -0.799. The summed E-state index contributed by atoms with van der Waals surface area (Å²) in [6, 6.07) is 3.21. The molecule has 0 N–H and O–H groups in total. The van der Waals surface area contributed by atoms with Gasteiger partial charge in [0.1, 0.15) is 5.75 Å². The summed E-state index contributed by atoms with van der Waals surface area (Å²) in [7, 11) is 0. The molecule has 5 heteroatoms. The predicted molar refractivity (Wildman–Crippen MR) is 59.7 cm³/mol. The molecule has 5 nitrogen and oxygen atoms in total. The first-order chi connectivity index (χ1) is 7.74. The van der Waals surface area contributed by atoms with Gasteiger partial charge in [-0.2, -0.15) is 0 Å². The van der Waals surface area contributed by atoms with Crippen molar-refractivity contribution in [2.45, 2.75) is 39.0 Å². The molecule has 0 fully saturated rings. The van der Waals surface area contributed by atoms with Crippen molar-refractivity contribution in [3.8, 4) is 5.75 Å². The lowest BCUT2D eigenvalue weighted by Gasteiger charge is -2.05. The van der Waals surface area contributed by atoms with Gasteiger partial charge in [0, 0.05) is 6.20 Å². The Bertz CT molecular complexity index is 342. The van der Waals surface area contributed by atoms with Gasteiger partial charge in [-0.3, -0.25) is 9.82 Å². The minimum absolute atomic E-state index is 0.254. The Morgan fingerprint density at radius 2 is 2.25 bits per heavy atom. The summed E-state index contributed by atoms with van der Waals surface area (Å²) in [6.07, 6.45) is 6.80. The van der Waals surface area contributed by atoms with Gasteiger partial charge in [-0.25, -0.2) is 0 Å². The zero-order valence-electron chi connectivity index (χ0n) is 9.39. The van der Waals surface area contributed by atoms with E-state index < -0.39 is 5.09 Å². The number of hydrogen-bond donors (Lipinski definition) is 0. The highest BCUT2D eigenvalue weighted by Crippen LogP contribution is 2.18. The number of aryl methyl sites for hydroxylation is 1. The zero-order chi connectivity index (χ0) is 11.8. The average molecular weight is 224 g/mol. The van der Waals surface area contributed by atoms with Crippen LogP contribution < -0.4 is 4.84 Å². The molecule has 1 aromatic rings. The van der Waals surface area contributed by atoms with E-state index >= 15 is 0 Å². The van der Waals surface area contributed by atoms with Crippen molar-refractivity contribution >= 4 is 0 Å². The molecular formula is C11H16N2O3. The molecule has 0 amide bonds. The molecule has 0 aliphatic rings. The SMILES string of the molecule is CCCCCCc1ncccc1O[N+](=O)[O-]. The third-order valence-corrected chi connectivity index (χ3v) is 2.29. The van der Waals surface area contributed by atoms with Gasteiger partial charge in [-0.15, -0.1) is 10.1 Å². The third-order valence-electron chi connectivity index (χ3n) is 2.29. The van der Waals surface area contributed by atoms with Crippen molar-refractivity contribution in [3.63, 3.8) is 0 Å². The lowest BCUT2D eigenvalue weighted by molar-refractivity contribution is -0.711. The maximum Gasteiger partial charge on any atom is 0.299 e. The summed E-state index contributed by atoms with van der Waals surface area (Å²) >= 11 is 0. The molecule has 1 heterocycles. The smallest absolute Gasteiger partial charge is 0.274 e. The van der Waals surface area contributed by atoms with Gasteiger partial charge in [-0.05, 0) is 25.0 Å². The van der Waals surface area contributed by atoms with Gasteiger partial charge in [-0.1, -0.05) is 26.2 Å². The van der Waals surface area contributed by atoms with E-state index in [2.05, 4.69) is 16.7 Å². The lowest BCUT2D eigenvalue weighted by atomic mass is 10.1. The molecule has 0 atom stereocenters. The molecule has 0 bridgehead atoms. The normalized spacial score (nSPS) is 10.1. The number of unbranched alkanes of at least 4 members (excludes halogenated alkanes) is 3. The molecule has 0 aliphatic heterocycles. The Morgan fingerprint density at radius 1 is 1.44 bits per heavy atom. The summed E-state index contributed by atoms with van der Waals surface area (Å²) in [4.78, 5) is 18.8. The molecule has 1 rings (SSSR count). The van der Waals surface area contributed by atoms with Crippen LogP contribution in [0, 0.1) is 10.1 Å². The Hall–Kier alpha value is -1.65. The van der Waals surface area contributed by atoms with Crippen LogP contribution in [0.25, 0.3) is 0 Å². The van der Waals surface area contributed by atoms with Crippen LogP contribution in [0.5, 0.6) is 5.75 Å². The highest BCUT2D eigenvalue weighted by molar-refractivity contribution is 5.26. The molecular weight excluding hydrogens is 208 g/mol. The second-order valence-electron chi connectivity index (χ2n) is 3.57. The van der Waals surface area contributed by atoms with Crippen molar-refractivity contribution in [2.75, 3.05) is 0 Å². The van der Waals surface area contributed by atoms with E-state index in [9.17, 15) is 10.1 Å². The number of aromatic nitrogens is 1. The van der Waals surface area contributed by atoms with E-state index in [1.165, 1.54) is 12.8 Å². The lowest BCUT2D eigenvalue weighted by Crippen LogP contribution is -2.06. The quantitative estimate of drug-likeness (QED) is 0.406. The molecule has 0 saturated heterocycles. The van der Waals surface area contributed by atoms with Gasteiger partial charge in [0.15, 0.2) is 0 Å². The van der Waals surface area contributed by atoms with Crippen molar-refractivity contribution in [2.24, 2.45) is 0 Å². The van der Waals surface area contributed by atoms with Crippen LogP contribution in [-0.4, -0.2) is 10.1 Å². The van der Waals surface area contributed by atoms with Crippen molar-refractivity contribution in [1.29, 1.82) is 0 Å². The van der Waals surface area contributed by atoms with E-state index in [1.807, 2.05) is 0 Å². The molecule has 16 heavy (non-hydrogen) atoms. The molecule has 88 valence electrons. The highest BCUT2D eigenvalue weighted by atomic mass is 17.0. The topological polar surface area (TPSA) is 65.3 Å². The highest BCUT2D eigenvalue weighted by Gasteiger charge is 2.07. The van der Waals surface area contributed by atoms with E-state index in [-0.39, 0.29) is 5.75 Å². The maximum atomic E-state index is 10.3. The van der Waals surface area contributed by atoms with E-state index in [4.69, 9.17) is 0 Å². The van der Waals surface area contributed by atoms with E-state index in [0.717, 1.165) is 19.3 Å². The van der Waals surface area contributed by atoms with E-state index in [0.29, 0.717) is 5.69 Å². The van der Waals surface area contributed by atoms with Gasteiger partial charge in [0.2, 0.25) is 0 Å². The monoisotopic (exact) mass is 224 g/mol. The van der Waals surface area contributed by atoms with Crippen LogP contribution in [0.4, 0.5) is 0 Å². The first-order valence-corrected chi connectivity index (χ1v) is 5.50. The number of rotatable bonds is 7. The van der Waals surface area contributed by atoms with Gasteiger partial charge < -0.3 is 0 Å². The molecule has 0 saturated carbocycles. The summed E-state index contributed by atoms with van der Waals surface area (Å²) in [5, 5.41) is 9.45. The fourth-order valence-electron chi connectivity index (χ4n) is 1.49. The minimum Gasteiger partial charge on any atom is -0.274 e. The molecule has 0 aliphatic carbocycles. The molecule has 0 spiro atoms. The first-order valence-electron chi connectivity index (χ1n) is 5.50. The Kier molecular flexibility index (Phi) is 5.25. The molecule has 1 aromatic heterocycles. The van der Waals surface area contributed by atoms with Crippen LogP contribution >= 0.6 is 0 Å². The third kappa shape index (κ3) is 4.25. The van der Waals surface area contributed by atoms with Crippen LogP contribution in [0.2, 0.25) is 0 Å². The Morgan fingerprint density at radius 3 is 2.94 bits per heavy atom. The standard InChI is InChI=1S/C11H16N2O3/c1-2-3-4-5-7-10-11(16-13(14)15)8-6-9-12-10/h6,8-9H,2-5,7H2,1H3.